The highest BCUT2D eigenvalue weighted by Crippen LogP contribution is 2.25. The lowest BCUT2D eigenvalue weighted by atomic mass is 9.82. The third-order valence-corrected chi connectivity index (χ3v) is 2.47. The molecule has 0 saturated heterocycles. The molecule has 0 spiro atoms. The van der Waals surface area contributed by atoms with Crippen molar-refractivity contribution in [1.82, 2.24) is 0 Å². The van der Waals surface area contributed by atoms with Gasteiger partial charge in [0, 0.05) is 9.50 Å². The van der Waals surface area contributed by atoms with Crippen molar-refractivity contribution in [1.29, 1.82) is 0 Å². The first-order chi connectivity index (χ1) is 5.88. The predicted molar refractivity (Wildman–Crippen MR) is 51.9 cm³/mol. The van der Waals surface area contributed by atoms with Crippen molar-refractivity contribution in [3.05, 3.63) is 33.3 Å². The zero-order chi connectivity index (χ0) is 10.1. The maximum Gasteiger partial charge on any atom is 0.482 e. The van der Waals surface area contributed by atoms with Gasteiger partial charge in [-0.2, -0.15) is 0 Å². The third kappa shape index (κ3) is 3.61. The molecule has 1 aromatic rings. The van der Waals surface area contributed by atoms with Crippen molar-refractivity contribution in [2.24, 2.45) is 0 Å². The second kappa shape index (κ2) is 3.92. The average Bonchev–Trinajstić information content (AvgIpc) is 1.94. The van der Waals surface area contributed by atoms with Crippen LogP contribution >= 0.6 is 27.5 Å². The maximum absolute atomic E-state index is 12.1. The number of hydrogen-bond acceptors (Lipinski definition) is 0. The fourth-order valence-corrected chi connectivity index (χ4v) is 1.55. The van der Waals surface area contributed by atoms with Crippen LogP contribution < -0.4 is 0 Å². The summed E-state index contributed by atoms with van der Waals surface area (Å²) in [7, 11) is 0. The molecule has 0 atom stereocenters. The summed E-state index contributed by atoms with van der Waals surface area (Å²) in [5.41, 5.74) is 0.181. The van der Waals surface area contributed by atoms with E-state index in [0.29, 0.717) is 9.50 Å². The molecule has 0 radical (unpaired) electrons. The molecule has 1 rings (SSSR count). The summed E-state index contributed by atoms with van der Waals surface area (Å²) in [6.07, 6.45) is -0.902. The summed E-state index contributed by atoms with van der Waals surface area (Å²) >= 11 is 8.60. The summed E-state index contributed by atoms with van der Waals surface area (Å²) in [6, 6.07) is 4.37. The summed E-state index contributed by atoms with van der Waals surface area (Å²) in [6.45, 7) is -4.80. The lowest BCUT2D eigenvalue weighted by Gasteiger charge is -2.14. The van der Waals surface area contributed by atoms with Crippen LogP contribution in [0.25, 0.3) is 0 Å². The molecule has 0 aliphatic heterocycles. The quantitative estimate of drug-likeness (QED) is 0.713. The molecule has 0 bridgehead atoms. The lowest BCUT2D eigenvalue weighted by molar-refractivity contribution is 0.468. The highest BCUT2D eigenvalue weighted by molar-refractivity contribution is 9.10. The largest absolute Gasteiger partial charge is 0.482 e. The maximum atomic E-state index is 12.1. The summed E-state index contributed by atoms with van der Waals surface area (Å²) in [5.74, 6) is 0. The van der Waals surface area contributed by atoms with Crippen molar-refractivity contribution in [3.63, 3.8) is 0 Å². The number of benzene rings is 1. The zero-order valence-electron chi connectivity index (χ0n) is 6.41. The van der Waals surface area contributed by atoms with Gasteiger partial charge in [-0.15, -0.1) is 0 Å². The lowest BCUT2D eigenvalue weighted by Crippen LogP contribution is -2.19. The van der Waals surface area contributed by atoms with Crippen molar-refractivity contribution in [2.45, 2.75) is 6.32 Å². The first kappa shape index (κ1) is 10.9. The first-order valence-corrected chi connectivity index (χ1v) is 4.70. The molecular weight excluding hydrogens is 267 g/mol. The second-order valence-electron chi connectivity index (χ2n) is 2.65. The summed E-state index contributed by atoms with van der Waals surface area (Å²) in [5, 5.41) is 0.318. The Morgan fingerprint density at radius 1 is 1.31 bits per heavy atom. The number of hydrogen-bond donors (Lipinski definition) is 0. The van der Waals surface area contributed by atoms with Crippen LogP contribution in [0, 0.1) is 0 Å². The van der Waals surface area contributed by atoms with E-state index >= 15 is 0 Å². The SMILES string of the molecule is F[B-](F)(F)Cc1cc(Cl)ccc1Br. The highest BCUT2D eigenvalue weighted by Gasteiger charge is 2.24. The Bertz CT molecular complexity index is 313. The molecular formula is C7H5BBrClF3-. The van der Waals surface area contributed by atoms with E-state index in [9.17, 15) is 12.9 Å². The number of halogens is 5. The Morgan fingerprint density at radius 3 is 2.46 bits per heavy atom. The van der Waals surface area contributed by atoms with Gasteiger partial charge in [0.1, 0.15) is 0 Å². The van der Waals surface area contributed by atoms with E-state index in [2.05, 4.69) is 15.9 Å². The highest BCUT2D eigenvalue weighted by atomic mass is 79.9. The Morgan fingerprint density at radius 2 is 1.92 bits per heavy atom. The zero-order valence-corrected chi connectivity index (χ0v) is 8.75. The number of rotatable bonds is 2. The standard InChI is InChI=1S/C7H5BBrClF3/c9-7-2-1-6(10)3-5(7)4-8(11,12)13/h1-3H,4H2/q-1. The molecule has 6 heteroatoms. The Balaban J connectivity index is 2.94. The van der Waals surface area contributed by atoms with Gasteiger partial charge in [-0.05, 0) is 18.2 Å². The molecule has 0 N–H and O–H groups in total. The molecule has 0 aliphatic carbocycles. The minimum absolute atomic E-state index is 0.181. The van der Waals surface area contributed by atoms with Gasteiger partial charge < -0.3 is 12.9 Å². The third-order valence-electron chi connectivity index (χ3n) is 1.46. The van der Waals surface area contributed by atoms with Gasteiger partial charge >= 0.3 is 6.98 Å². The van der Waals surface area contributed by atoms with E-state index < -0.39 is 13.3 Å². The van der Waals surface area contributed by atoms with Crippen LogP contribution in [0.3, 0.4) is 0 Å². The van der Waals surface area contributed by atoms with Crippen LogP contribution in [0.15, 0.2) is 22.7 Å². The van der Waals surface area contributed by atoms with Gasteiger partial charge in [0.05, 0.1) is 0 Å². The molecule has 0 nitrogen and oxygen atoms in total. The molecule has 0 aliphatic rings. The van der Waals surface area contributed by atoms with E-state index in [1.807, 2.05) is 0 Å². The molecule has 0 aromatic heterocycles. The fraction of sp³-hybridized carbons (Fsp3) is 0.143. The van der Waals surface area contributed by atoms with E-state index in [0.717, 1.165) is 0 Å². The molecule has 0 heterocycles. The second-order valence-corrected chi connectivity index (χ2v) is 3.94. The van der Waals surface area contributed by atoms with Crippen molar-refractivity contribution in [2.75, 3.05) is 0 Å². The Hall–Kier alpha value is -0.155. The van der Waals surface area contributed by atoms with Gasteiger partial charge in [0.25, 0.3) is 0 Å². The fourth-order valence-electron chi connectivity index (χ4n) is 0.949. The molecule has 0 amide bonds. The molecule has 0 unspecified atom stereocenters. The van der Waals surface area contributed by atoms with Crippen LogP contribution in [-0.4, -0.2) is 6.98 Å². The minimum Gasteiger partial charge on any atom is -0.449 e. The molecule has 13 heavy (non-hydrogen) atoms. The molecule has 0 saturated carbocycles. The van der Waals surface area contributed by atoms with Crippen LogP contribution in [0.5, 0.6) is 0 Å². The van der Waals surface area contributed by atoms with E-state index in [1.165, 1.54) is 12.1 Å². The Labute approximate surface area is 87.3 Å². The van der Waals surface area contributed by atoms with Gasteiger partial charge in [-0.25, -0.2) is 0 Å². The van der Waals surface area contributed by atoms with Gasteiger partial charge in [-0.3, -0.25) is 0 Å². The Kier molecular flexibility index (Phi) is 3.30. The van der Waals surface area contributed by atoms with Crippen LogP contribution in [-0.2, 0) is 6.32 Å². The smallest absolute Gasteiger partial charge is 0.449 e. The van der Waals surface area contributed by atoms with E-state index in [4.69, 9.17) is 11.6 Å². The van der Waals surface area contributed by atoms with Crippen molar-refractivity contribution < 1.29 is 12.9 Å². The van der Waals surface area contributed by atoms with E-state index in [1.54, 1.807) is 6.07 Å². The normalized spacial score (nSPS) is 11.8. The topological polar surface area (TPSA) is 0 Å². The minimum atomic E-state index is -4.80. The molecule has 72 valence electrons. The molecule has 1 aromatic carbocycles. The van der Waals surface area contributed by atoms with Crippen molar-refractivity contribution in [3.8, 4) is 0 Å². The van der Waals surface area contributed by atoms with E-state index in [-0.39, 0.29) is 5.56 Å². The van der Waals surface area contributed by atoms with Gasteiger partial charge in [0.2, 0.25) is 0 Å². The van der Waals surface area contributed by atoms with Crippen LogP contribution in [0.2, 0.25) is 5.02 Å². The molecule has 0 fully saturated rings. The van der Waals surface area contributed by atoms with Crippen LogP contribution in [0.1, 0.15) is 5.56 Å². The van der Waals surface area contributed by atoms with Gasteiger partial charge in [-0.1, -0.05) is 39.4 Å². The first-order valence-electron chi connectivity index (χ1n) is 3.53. The average molecular weight is 272 g/mol. The monoisotopic (exact) mass is 271 g/mol. The summed E-state index contributed by atoms with van der Waals surface area (Å²) in [4.78, 5) is 0. The van der Waals surface area contributed by atoms with Crippen molar-refractivity contribution >= 4 is 34.5 Å². The van der Waals surface area contributed by atoms with Gasteiger partial charge in [0.15, 0.2) is 0 Å². The summed E-state index contributed by atoms with van der Waals surface area (Å²) < 4.78 is 36.6. The van der Waals surface area contributed by atoms with Crippen LogP contribution in [0.4, 0.5) is 12.9 Å². The predicted octanol–water partition coefficient (Wildman–Crippen LogP) is 4.03.